The summed E-state index contributed by atoms with van der Waals surface area (Å²) in [4.78, 5) is 0. The lowest BCUT2D eigenvalue weighted by atomic mass is 9.45. The summed E-state index contributed by atoms with van der Waals surface area (Å²) in [5.74, 6) is 3.62. The van der Waals surface area contributed by atoms with E-state index >= 15 is 0 Å². The van der Waals surface area contributed by atoms with Crippen LogP contribution in [0.3, 0.4) is 0 Å². The highest BCUT2D eigenvalue weighted by atomic mass is 16.5. The molecule has 0 bridgehead atoms. The van der Waals surface area contributed by atoms with E-state index in [0.29, 0.717) is 17.3 Å². The molecule has 3 nitrogen and oxygen atoms in total. The van der Waals surface area contributed by atoms with Crippen LogP contribution in [0, 0.1) is 34.5 Å². The average molecular weight is 411 g/mol. The second kappa shape index (κ2) is 7.38. The van der Waals surface area contributed by atoms with Gasteiger partial charge in [-0.1, -0.05) is 32.1 Å². The Labute approximate surface area is 181 Å². The monoisotopic (exact) mass is 410 g/mol. The zero-order valence-corrected chi connectivity index (χ0v) is 18.8. The van der Waals surface area contributed by atoms with E-state index in [1.54, 1.807) is 7.11 Å². The fourth-order valence-corrected chi connectivity index (χ4v) is 8.15. The van der Waals surface area contributed by atoms with Gasteiger partial charge in [0.25, 0.3) is 0 Å². The van der Waals surface area contributed by atoms with E-state index < -0.39 is 0 Å². The highest BCUT2D eigenvalue weighted by molar-refractivity contribution is 5.56. The highest BCUT2D eigenvalue weighted by Crippen LogP contribution is 2.67. The molecule has 5 rings (SSSR count). The smallest absolute Gasteiger partial charge is 0.118 e. The molecule has 0 radical (unpaired) electrons. The Kier molecular flexibility index (Phi) is 5.06. The third-order valence-electron chi connectivity index (χ3n) is 9.98. The Bertz CT molecular complexity index is 814. The Morgan fingerprint density at radius 3 is 2.40 bits per heavy atom. The number of fused-ring (bicyclic) bond motifs is 5. The molecule has 8 atom stereocenters. The Morgan fingerprint density at radius 2 is 1.67 bits per heavy atom. The fraction of sp³-hybridized carbons (Fsp3) is 0.704. The zero-order chi connectivity index (χ0) is 21.1. The molecular formula is C27H38O3. The quantitative estimate of drug-likeness (QED) is 0.681. The van der Waals surface area contributed by atoms with Gasteiger partial charge in [-0.05, 0) is 104 Å². The molecule has 4 saturated carbocycles. The summed E-state index contributed by atoms with van der Waals surface area (Å²) >= 11 is 0. The normalized spacial score (nSPS) is 46.8. The molecule has 0 aliphatic heterocycles. The maximum atomic E-state index is 11.4. The number of ether oxygens (including phenoxy) is 1. The predicted molar refractivity (Wildman–Crippen MR) is 120 cm³/mol. The molecule has 2 N–H and O–H groups in total. The predicted octanol–water partition coefficient (Wildman–Crippen LogP) is 5.45. The van der Waals surface area contributed by atoms with Crippen LogP contribution < -0.4 is 4.74 Å². The van der Waals surface area contributed by atoms with Gasteiger partial charge in [0.2, 0.25) is 0 Å². The Morgan fingerprint density at radius 1 is 0.933 bits per heavy atom. The molecule has 0 saturated heterocycles. The highest BCUT2D eigenvalue weighted by Gasteiger charge is 2.61. The van der Waals surface area contributed by atoms with E-state index in [9.17, 15) is 10.2 Å². The van der Waals surface area contributed by atoms with Gasteiger partial charge in [-0.3, -0.25) is 0 Å². The van der Waals surface area contributed by atoms with Crippen LogP contribution in [-0.4, -0.2) is 29.5 Å². The van der Waals surface area contributed by atoms with Crippen LogP contribution in [0.25, 0.3) is 6.08 Å². The maximum absolute atomic E-state index is 11.4. The molecule has 1 aromatic carbocycles. The van der Waals surface area contributed by atoms with Crippen molar-refractivity contribution in [3.8, 4) is 5.75 Å². The van der Waals surface area contributed by atoms with Crippen LogP contribution in [0.2, 0.25) is 0 Å². The van der Waals surface area contributed by atoms with Crippen molar-refractivity contribution >= 4 is 6.08 Å². The summed E-state index contributed by atoms with van der Waals surface area (Å²) in [7, 11) is 1.69. The van der Waals surface area contributed by atoms with Gasteiger partial charge in [-0.15, -0.1) is 0 Å². The largest absolute Gasteiger partial charge is 0.497 e. The van der Waals surface area contributed by atoms with E-state index in [2.05, 4.69) is 32.1 Å². The molecule has 4 aliphatic carbocycles. The van der Waals surface area contributed by atoms with Gasteiger partial charge in [0, 0.05) is 5.41 Å². The number of methoxy groups -OCH3 is 1. The van der Waals surface area contributed by atoms with Gasteiger partial charge in [0.1, 0.15) is 5.75 Å². The average Bonchev–Trinajstić information content (AvgIpc) is 3.00. The maximum Gasteiger partial charge on any atom is 0.118 e. The molecule has 4 aliphatic rings. The van der Waals surface area contributed by atoms with Gasteiger partial charge in [-0.25, -0.2) is 0 Å². The van der Waals surface area contributed by atoms with Crippen molar-refractivity contribution in [2.24, 2.45) is 34.5 Å². The first-order chi connectivity index (χ1) is 14.3. The third kappa shape index (κ3) is 3.07. The molecular weight excluding hydrogens is 372 g/mol. The van der Waals surface area contributed by atoms with Crippen LogP contribution in [-0.2, 0) is 0 Å². The van der Waals surface area contributed by atoms with Gasteiger partial charge in [-0.2, -0.15) is 0 Å². The van der Waals surface area contributed by atoms with E-state index in [4.69, 9.17) is 4.74 Å². The summed E-state index contributed by atoms with van der Waals surface area (Å²) in [6.07, 6.45) is 10.9. The molecule has 3 heteroatoms. The number of rotatable bonds is 2. The first-order valence-electron chi connectivity index (χ1n) is 12.1. The van der Waals surface area contributed by atoms with Crippen molar-refractivity contribution in [3.05, 3.63) is 35.4 Å². The summed E-state index contributed by atoms with van der Waals surface area (Å²) in [6, 6.07) is 8.17. The molecule has 0 spiro atoms. The lowest BCUT2D eigenvalue weighted by molar-refractivity contribution is -0.133. The van der Waals surface area contributed by atoms with Crippen molar-refractivity contribution in [1.82, 2.24) is 0 Å². The molecule has 0 amide bonds. The molecule has 0 heterocycles. The van der Waals surface area contributed by atoms with Crippen molar-refractivity contribution in [3.63, 3.8) is 0 Å². The van der Waals surface area contributed by atoms with Crippen LogP contribution in [0.5, 0.6) is 5.75 Å². The van der Waals surface area contributed by atoms with E-state index in [0.717, 1.165) is 48.8 Å². The Balaban J connectivity index is 1.41. The molecule has 1 aromatic rings. The van der Waals surface area contributed by atoms with Crippen molar-refractivity contribution in [2.75, 3.05) is 7.11 Å². The van der Waals surface area contributed by atoms with Crippen LogP contribution >= 0.6 is 0 Å². The zero-order valence-electron chi connectivity index (χ0n) is 18.8. The second-order valence-corrected chi connectivity index (χ2v) is 11.2. The standard InChI is InChI=1S/C27H38O3/c1-26-12-10-20(28)16-19(26)6-9-22-23(26)11-13-27(2)24(22)15-18(25(27)29)14-17-4-7-21(30-3)8-5-17/h4-5,7-8,14,19-20,22-25,28-29H,6,9-13,15-16H2,1-3H3/b18-14-/t19-,20-,22-,23+,24+,25-,26-,27-/m0/s1. The second-order valence-electron chi connectivity index (χ2n) is 11.2. The van der Waals surface area contributed by atoms with Crippen LogP contribution in [0.15, 0.2) is 29.8 Å². The van der Waals surface area contributed by atoms with Gasteiger partial charge in [0.15, 0.2) is 0 Å². The minimum absolute atomic E-state index is 0.0108. The van der Waals surface area contributed by atoms with Crippen molar-refractivity contribution < 1.29 is 14.9 Å². The number of aliphatic hydroxyl groups is 2. The van der Waals surface area contributed by atoms with E-state index in [1.165, 1.54) is 31.3 Å². The lowest BCUT2D eigenvalue weighted by Gasteiger charge is -2.60. The van der Waals surface area contributed by atoms with Gasteiger partial charge in [0.05, 0.1) is 19.3 Å². The van der Waals surface area contributed by atoms with Crippen LogP contribution in [0.1, 0.15) is 70.8 Å². The van der Waals surface area contributed by atoms with Crippen molar-refractivity contribution in [1.29, 1.82) is 0 Å². The first-order valence-corrected chi connectivity index (χ1v) is 12.1. The minimum atomic E-state index is -0.329. The molecule has 0 aromatic heterocycles. The van der Waals surface area contributed by atoms with Crippen LogP contribution in [0.4, 0.5) is 0 Å². The Hall–Kier alpha value is -1.32. The lowest BCUT2D eigenvalue weighted by Crippen LogP contribution is -2.54. The van der Waals surface area contributed by atoms with Crippen molar-refractivity contribution in [2.45, 2.75) is 77.4 Å². The van der Waals surface area contributed by atoms with Gasteiger partial charge >= 0.3 is 0 Å². The summed E-state index contributed by atoms with van der Waals surface area (Å²) < 4.78 is 5.29. The topological polar surface area (TPSA) is 49.7 Å². The molecule has 4 fully saturated rings. The third-order valence-corrected chi connectivity index (χ3v) is 9.98. The SMILES string of the molecule is COc1ccc(/C=C2/C[C@@H]3[C@H]4CC[C@H]5C[C@@H](O)CC[C@]5(C)[C@@H]4CC[C@]3(C)[C@H]2O)cc1. The summed E-state index contributed by atoms with van der Waals surface area (Å²) in [5.41, 5.74) is 2.77. The number of benzene rings is 1. The van der Waals surface area contributed by atoms with Gasteiger partial charge < -0.3 is 14.9 Å². The number of aliphatic hydroxyl groups excluding tert-OH is 2. The molecule has 164 valence electrons. The number of hydrogen-bond donors (Lipinski definition) is 2. The first kappa shape index (κ1) is 20.6. The van der Waals surface area contributed by atoms with E-state index in [-0.39, 0.29) is 17.6 Å². The summed E-state index contributed by atoms with van der Waals surface area (Å²) in [6.45, 7) is 4.88. The molecule has 0 unspecified atom stereocenters. The number of hydrogen-bond acceptors (Lipinski definition) is 3. The minimum Gasteiger partial charge on any atom is -0.497 e. The summed E-state index contributed by atoms with van der Waals surface area (Å²) in [5, 5.41) is 21.6. The van der Waals surface area contributed by atoms with E-state index in [1.807, 2.05) is 12.1 Å². The molecule has 30 heavy (non-hydrogen) atoms. The fourth-order valence-electron chi connectivity index (χ4n) is 8.15.